The van der Waals surface area contributed by atoms with E-state index in [1.165, 1.54) is 22.3 Å². The van der Waals surface area contributed by atoms with Gasteiger partial charge < -0.3 is 10.7 Å². The number of halogens is 1. The first-order valence-corrected chi connectivity index (χ1v) is 6.85. The smallest absolute Gasteiger partial charge is 0.110 e. The van der Waals surface area contributed by atoms with Crippen LogP contribution in [0.1, 0.15) is 22.5 Å². The summed E-state index contributed by atoms with van der Waals surface area (Å²) in [4.78, 5) is 7.85. The molecule has 0 saturated carbocycles. The van der Waals surface area contributed by atoms with Gasteiger partial charge in [0.1, 0.15) is 16.1 Å². The molecule has 2 rings (SSSR count). The number of aromatic amines is 1. The van der Waals surface area contributed by atoms with E-state index in [0.717, 1.165) is 22.5 Å². The molecule has 0 aliphatic rings. The van der Waals surface area contributed by atoms with Gasteiger partial charge in [0, 0.05) is 12.0 Å². The highest BCUT2D eigenvalue weighted by molar-refractivity contribution is 9.10. The second-order valence-corrected chi connectivity index (χ2v) is 5.36. The van der Waals surface area contributed by atoms with Crippen LogP contribution in [0.4, 0.5) is 0 Å². The van der Waals surface area contributed by atoms with Gasteiger partial charge in [-0.25, -0.2) is 4.98 Å². The maximum Gasteiger partial charge on any atom is 0.110 e. The number of hydrogen-bond acceptors (Lipinski definition) is 2. The average molecular weight is 308 g/mol. The Morgan fingerprint density at radius 3 is 2.61 bits per heavy atom. The molecule has 0 atom stereocenters. The summed E-state index contributed by atoms with van der Waals surface area (Å²) in [5.41, 5.74) is 11.6. The lowest BCUT2D eigenvalue weighted by molar-refractivity contribution is 0.893. The van der Waals surface area contributed by atoms with Crippen molar-refractivity contribution in [3.63, 3.8) is 0 Å². The molecule has 4 heteroatoms. The Hall–Kier alpha value is -1.13. The molecule has 1 aromatic carbocycles. The molecule has 2 aromatic rings. The van der Waals surface area contributed by atoms with Gasteiger partial charge in [-0.2, -0.15) is 0 Å². The van der Waals surface area contributed by atoms with Crippen molar-refractivity contribution in [1.29, 1.82) is 0 Å². The molecule has 0 spiro atoms. The van der Waals surface area contributed by atoms with E-state index in [9.17, 15) is 0 Å². The van der Waals surface area contributed by atoms with Crippen LogP contribution in [0.3, 0.4) is 0 Å². The second kappa shape index (κ2) is 5.24. The maximum absolute atomic E-state index is 5.56. The highest BCUT2D eigenvalue weighted by Gasteiger charge is 2.13. The molecule has 0 saturated heterocycles. The minimum Gasteiger partial charge on any atom is -0.336 e. The highest BCUT2D eigenvalue weighted by Crippen LogP contribution is 2.31. The van der Waals surface area contributed by atoms with Gasteiger partial charge in [-0.05, 0) is 59.9 Å². The maximum atomic E-state index is 5.56. The molecule has 1 heterocycles. The molecule has 0 aliphatic heterocycles. The minimum atomic E-state index is 0.602. The SMILES string of the molecule is Cc1ccc(-c2nc(CCN)[nH]c2Br)c(C)c1C. The van der Waals surface area contributed by atoms with E-state index in [1.807, 2.05) is 0 Å². The van der Waals surface area contributed by atoms with E-state index in [1.54, 1.807) is 0 Å². The van der Waals surface area contributed by atoms with E-state index in [2.05, 4.69) is 58.8 Å². The van der Waals surface area contributed by atoms with Crippen LogP contribution in [-0.2, 0) is 6.42 Å². The average Bonchev–Trinajstić information content (AvgIpc) is 2.68. The van der Waals surface area contributed by atoms with Gasteiger partial charge >= 0.3 is 0 Å². The summed E-state index contributed by atoms with van der Waals surface area (Å²) in [6.45, 7) is 7.02. The highest BCUT2D eigenvalue weighted by atomic mass is 79.9. The van der Waals surface area contributed by atoms with Gasteiger partial charge in [0.15, 0.2) is 0 Å². The van der Waals surface area contributed by atoms with Crippen LogP contribution in [0, 0.1) is 20.8 Å². The Morgan fingerprint density at radius 2 is 1.94 bits per heavy atom. The third-order valence-corrected chi connectivity index (χ3v) is 3.98. The van der Waals surface area contributed by atoms with Crippen LogP contribution in [0.25, 0.3) is 11.3 Å². The number of H-pyrrole nitrogens is 1. The molecule has 3 nitrogen and oxygen atoms in total. The van der Waals surface area contributed by atoms with Crippen LogP contribution >= 0.6 is 15.9 Å². The van der Waals surface area contributed by atoms with Gasteiger partial charge in [0.05, 0.1) is 0 Å². The first kappa shape index (κ1) is 13.3. The molecular formula is C14H18BrN3. The van der Waals surface area contributed by atoms with Crippen LogP contribution in [0.5, 0.6) is 0 Å². The van der Waals surface area contributed by atoms with Crippen molar-refractivity contribution < 1.29 is 0 Å². The summed E-state index contributed by atoms with van der Waals surface area (Å²) in [5, 5.41) is 0. The zero-order valence-corrected chi connectivity index (χ0v) is 12.6. The predicted molar refractivity (Wildman–Crippen MR) is 78.7 cm³/mol. The minimum absolute atomic E-state index is 0.602. The van der Waals surface area contributed by atoms with Crippen molar-refractivity contribution in [1.82, 2.24) is 9.97 Å². The number of nitrogens with zero attached hydrogens (tertiary/aromatic N) is 1. The van der Waals surface area contributed by atoms with E-state index in [-0.39, 0.29) is 0 Å². The van der Waals surface area contributed by atoms with Crippen molar-refractivity contribution >= 4 is 15.9 Å². The van der Waals surface area contributed by atoms with E-state index < -0.39 is 0 Å². The lowest BCUT2D eigenvalue weighted by Crippen LogP contribution is -2.03. The fourth-order valence-corrected chi connectivity index (χ4v) is 2.58. The van der Waals surface area contributed by atoms with Crippen LogP contribution in [0.15, 0.2) is 16.7 Å². The first-order valence-electron chi connectivity index (χ1n) is 6.06. The van der Waals surface area contributed by atoms with Gasteiger partial charge in [-0.3, -0.25) is 0 Å². The van der Waals surface area contributed by atoms with Gasteiger partial charge in [0.25, 0.3) is 0 Å². The summed E-state index contributed by atoms with van der Waals surface area (Å²) < 4.78 is 0.928. The lowest BCUT2D eigenvalue weighted by atomic mass is 9.97. The molecule has 0 fully saturated rings. The van der Waals surface area contributed by atoms with Crippen LogP contribution in [0.2, 0.25) is 0 Å². The number of aromatic nitrogens is 2. The monoisotopic (exact) mass is 307 g/mol. The fraction of sp³-hybridized carbons (Fsp3) is 0.357. The molecule has 18 heavy (non-hydrogen) atoms. The van der Waals surface area contributed by atoms with Crippen LogP contribution < -0.4 is 5.73 Å². The number of benzene rings is 1. The molecule has 1 aromatic heterocycles. The summed E-state index contributed by atoms with van der Waals surface area (Å²) in [7, 11) is 0. The summed E-state index contributed by atoms with van der Waals surface area (Å²) in [6, 6.07) is 4.27. The van der Waals surface area contributed by atoms with Gasteiger partial charge in [-0.15, -0.1) is 0 Å². The fourth-order valence-electron chi connectivity index (χ4n) is 2.04. The van der Waals surface area contributed by atoms with Gasteiger partial charge in [-0.1, -0.05) is 12.1 Å². The van der Waals surface area contributed by atoms with Crippen molar-refractivity contribution in [2.45, 2.75) is 27.2 Å². The number of imidazole rings is 1. The zero-order chi connectivity index (χ0) is 13.3. The second-order valence-electron chi connectivity index (χ2n) is 4.56. The van der Waals surface area contributed by atoms with E-state index >= 15 is 0 Å². The van der Waals surface area contributed by atoms with E-state index in [0.29, 0.717) is 6.54 Å². The first-order chi connectivity index (χ1) is 8.54. The number of hydrogen-bond donors (Lipinski definition) is 2. The summed E-state index contributed by atoms with van der Waals surface area (Å²) >= 11 is 3.54. The van der Waals surface area contributed by atoms with Crippen molar-refractivity contribution in [2.24, 2.45) is 5.73 Å². The van der Waals surface area contributed by atoms with Gasteiger partial charge in [0.2, 0.25) is 0 Å². The Kier molecular flexibility index (Phi) is 3.88. The number of nitrogens with one attached hydrogen (secondary N) is 1. The molecule has 0 aliphatic carbocycles. The van der Waals surface area contributed by atoms with Crippen LogP contribution in [-0.4, -0.2) is 16.5 Å². The quantitative estimate of drug-likeness (QED) is 0.914. The lowest BCUT2D eigenvalue weighted by Gasteiger charge is -2.09. The summed E-state index contributed by atoms with van der Waals surface area (Å²) in [5.74, 6) is 0.928. The topological polar surface area (TPSA) is 54.7 Å². The molecule has 96 valence electrons. The number of aryl methyl sites for hydroxylation is 1. The van der Waals surface area contributed by atoms with Crippen molar-refractivity contribution in [3.05, 3.63) is 39.3 Å². The predicted octanol–water partition coefficient (Wildman–Crippen LogP) is 3.27. The van der Waals surface area contributed by atoms with E-state index in [4.69, 9.17) is 5.73 Å². The molecule has 0 unspecified atom stereocenters. The van der Waals surface area contributed by atoms with Crippen molar-refractivity contribution in [2.75, 3.05) is 6.54 Å². The largest absolute Gasteiger partial charge is 0.336 e. The zero-order valence-electron chi connectivity index (χ0n) is 11.0. The third kappa shape index (κ3) is 2.35. The molecule has 0 amide bonds. The number of nitrogens with two attached hydrogens (primary N) is 1. The summed E-state index contributed by atoms with van der Waals surface area (Å²) in [6.07, 6.45) is 0.766. The van der Waals surface area contributed by atoms with Crippen molar-refractivity contribution in [3.8, 4) is 11.3 Å². The molecule has 0 radical (unpaired) electrons. The molecule has 0 bridgehead atoms. The molecular weight excluding hydrogens is 290 g/mol. The normalized spacial score (nSPS) is 10.9. The standard InChI is InChI=1S/C14H18BrN3/c1-8-4-5-11(10(3)9(8)2)13-14(15)18-12(17-13)6-7-16/h4-5H,6-7,16H2,1-3H3,(H,17,18). The molecule has 3 N–H and O–H groups in total. The third-order valence-electron chi connectivity index (χ3n) is 3.40. The Balaban J connectivity index is 2.52. The number of rotatable bonds is 3. The Bertz CT molecular complexity index is 573. The Morgan fingerprint density at radius 1 is 1.22 bits per heavy atom. The Labute approximate surface area is 116 Å².